The lowest BCUT2D eigenvalue weighted by molar-refractivity contribution is -0.917. The van der Waals surface area contributed by atoms with Gasteiger partial charge in [0.2, 0.25) is 0 Å². The average molecular weight is 370 g/mol. The van der Waals surface area contributed by atoms with Crippen LogP contribution in [0.1, 0.15) is 15.9 Å². The minimum atomic E-state index is -0.465. The summed E-state index contributed by atoms with van der Waals surface area (Å²) in [7, 11) is 3.66. The quantitative estimate of drug-likeness (QED) is 0.615. The van der Waals surface area contributed by atoms with Crippen LogP contribution < -0.4 is 9.80 Å². The molecule has 0 radical (unpaired) electrons. The number of carbonyl (C=O) groups excluding carboxylic acids is 1. The zero-order chi connectivity index (χ0) is 19.4. The van der Waals surface area contributed by atoms with E-state index in [4.69, 9.17) is 0 Å². The summed E-state index contributed by atoms with van der Waals surface area (Å²) >= 11 is 0. The number of hydrogen-bond donors (Lipinski definition) is 1. The number of anilines is 1. The molecule has 142 valence electrons. The maximum atomic E-state index is 13.0. The van der Waals surface area contributed by atoms with Gasteiger partial charge in [0.25, 0.3) is 11.6 Å². The zero-order valence-corrected chi connectivity index (χ0v) is 15.6. The van der Waals surface area contributed by atoms with Crippen molar-refractivity contribution >= 4 is 17.3 Å². The molecular weight excluding hydrogens is 346 g/mol. The fourth-order valence-electron chi connectivity index (χ4n) is 3.36. The zero-order valence-electron chi connectivity index (χ0n) is 15.6. The van der Waals surface area contributed by atoms with Gasteiger partial charge >= 0.3 is 0 Å². The molecular formula is C19H24N5O3+. The topological polar surface area (TPSA) is 84.0 Å². The Morgan fingerprint density at radius 2 is 1.89 bits per heavy atom. The van der Waals surface area contributed by atoms with E-state index in [1.165, 1.54) is 22.6 Å². The number of nitro benzene ring substituents is 1. The van der Waals surface area contributed by atoms with Crippen LogP contribution >= 0.6 is 0 Å². The minimum Gasteiger partial charge on any atom is -0.377 e. The van der Waals surface area contributed by atoms with Crippen LogP contribution in [0.25, 0.3) is 0 Å². The standard InChI is InChI=1S/C19H23N5O3/c1-21(2)18-4-3-16(24(26)27)13-17(18)19(25)23-11-9-22(10-12-23)14-15-5-7-20-8-6-15/h3-8,13H,9-12,14H2,1-2H3/p+1. The second kappa shape index (κ2) is 8.13. The number of amides is 1. The highest BCUT2D eigenvalue weighted by atomic mass is 16.6. The van der Waals surface area contributed by atoms with Crippen molar-refractivity contribution in [2.75, 3.05) is 45.2 Å². The molecule has 1 aliphatic heterocycles. The van der Waals surface area contributed by atoms with E-state index in [1.807, 2.05) is 31.1 Å². The Bertz CT molecular complexity index is 817. The molecule has 1 aromatic heterocycles. The van der Waals surface area contributed by atoms with E-state index >= 15 is 0 Å². The first-order valence-electron chi connectivity index (χ1n) is 8.93. The Morgan fingerprint density at radius 3 is 2.48 bits per heavy atom. The predicted octanol–water partition coefficient (Wildman–Crippen LogP) is 0.597. The summed E-state index contributed by atoms with van der Waals surface area (Å²) in [5.41, 5.74) is 2.24. The molecule has 0 saturated carbocycles. The van der Waals surface area contributed by atoms with E-state index in [2.05, 4.69) is 4.98 Å². The molecule has 2 heterocycles. The van der Waals surface area contributed by atoms with Crippen molar-refractivity contribution in [3.8, 4) is 0 Å². The number of pyridine rings is 1. The van der Waals surface area contributed by atoms with Crippen LogP contribution in [0.3, 0.4) is 0 Å². The molecule has 0 aliphatic carbocycles. The number of non-ortho nitro benzene ring substituents is 1. The fraction of sp³-hybridized carbons (Fsp3) is 0.368. The summed E-state index contributed by atoms with van der Waals surface area (Å²) < 4.78 is 0. The first-order chi connectivity index (χ1) is 13.0. The molecule has 8 nitrogen and oxygen atoms in total. The first-order valence-corrected chi connectivity index (χ1v) is 8.93. The van der Waals surface area contributed by atoms with E-state index in [-0.39, 0.29) is 11.6 Å². The summed E-state index contributed by atoms with van der Waals surface area (Å²) in [6.07, 6.45) is 3.58. The largest absolute Gasteiger partial charge is 0.377 e. The molecule has 1 aromatic carbocycles. The number of piperazine rings is 1. The Balaban J connectivity index is 1.70. The van der Waals surface area contributed by atoms with Crippen LogP contribution in [-0.2, 0) is 6.54 Å². The van der Waals surface area contributed by atoms with Crippen molar-refractivity contribution in [3.63, 3.8) is 0 Å². The van der Waals surface area contributed by atoms with E-state index in [9.17, 15) is 14.9 Å². The highest BCUT2D eigenvalue weighted by Crippen LogP contribution is 2.25. The lowest BCUT2D eigenvalue weighted by atomic mass is 10.1. The molecule has 0 spiro atoms. The fourth-order valence-corrected chi connectivity index (χ4v) is 3.36. The number of hydrogen-bond acceptors (Lipinski definition) is 5. The van der Waals surface area contributed by atoms with Crippen LogP contribution in [0.15, 0.2) is 42.7 Å². The number of quaternary nitrogens is 1. The molecule has 8 heteroatoms. The van der Waals surface area contributed by atoms with Crippen LogP contribution in [0, 0.1) is 10.1 Å². The normalized spacial score (nSPS) is 14.8. The van der Waals surface area contributed by atoms with E-state index < -0.39 is 4.92 Å². The lowest BCUT2D eigenvalue weighted by Gasteiger charge is -2.33. The summed E-state index contributed by atoms with van der Waals surface area (Å²) in [6.45, 7) is 3.87. The van der Waals surface area contributed by atoms with E-state index in [0.717, 1.165) is 19.6 Å². The van der Waals surface area contributed by atoms with Crippen molar-refractivity contribution in [1.29, 1.82) is 0 Å². The van der Waals surface area contributed by atoms with Gasteiger partial charge in [-0.25, -0.2) is 0 Å². The van der Waals surface area contributed by atoms with Gasteiger partial charge in [-0.3, -0.25) is 19.9 Å². The number of nitro groups is 1. The van der Waals surface area contributed by atoms with Gasteiger partial charge in [-0.05, 0) is 18.2 Å². The second-order valence-electron chi connectivity index (χ2n) is 6.93. The minimum absolute atomic E-state index is 0.0640. The van der Waals surface area contributed by atoms with Crippen molar-refractivity contribution in [3.05, 3.63) is 64.0 Å². The molecule has 1 fully saturated rings. The van der Waals surface area contributed by atoms with Gasteiger partial charge < -0.3 is 14.7 Å². The summed E-state index contributed by atoms with van der Waals surface area (Å²) in [5, 5.41) is 11.1. The SMILES string of the molecule is CN(C)c1ccc([N+](=O)[O-])cc1C(=O)N1CC[NH+](Cc2ccncc2)CC1. The van der Waals surface area contributed by atoms with Gasteiger partial charge in [0.05, 0.1) is 36.7 Å². The van der Waals surface area contributed by atoms with E-state index in [1.54, 1.807) is 23.4 Å². The Kier molecular flexibility index (Phi) is 5.66. The third kappa shape index (κ3) is 4.40. The first kappa shape index (κ1) is 18.8. The van der Waals surface area contributed by atoms with Gasteiger partial charge in [0, 0.05) is 49.9 Å². The summed E-state index contributed by atoms with van der Waals surface area (Å²) in [5.74, 6) is -0.148. The molecule has 1 amide bonds. The smallest absolute Gasteiger partial charge is 0.270 e. The van der Waals surface area contributed by atoms with Gasteiger partial charge in [-0.1, -0.05) is 0 Å². The highest BCUT2D eigenvalue weighted by molar-refractivity contribution is 6.00. The molecule has 0 unspecified atom stereocenters. The number of aromatic nitrogens is 1. The van der Waals surface area contributed by atoms with Crippen LogP contribution in [0.2, 0.25) is 0 Å². The van der Waals surface area contributed by atoms with Crippen LogP contribution in [0.4, 0.5) is 11.4 Å². The molecule has 1 aliphatic rings. The van der Waals surface area contributed by atoms with Crippen molar-refractivity contribution < 1.29 is 14.6 Å². The number of carbonyl (C=O) groups is 1. The van der Waals surface area contributed by atoms with Gasteiger partial charge in [0.15, 0.2) is 0 Å². The van der Waals surface area contributed by atoms with Gasteiger partial charge in [-0.15, -0.1) is 0 Å². The summed E-state index contributed by atoms with van der Waals surface area (Å²) in [6, 6.07) is 8.47. The predicted molar refractivity (Wildman–Crippen MR) is 102 cm³/mol. The van der Waals surface area contributed by atoms with Crippen LogP contribution in [-0.4, -0.2) is 61.0 Å². The van der Waals surface area contributed by atoms with Crippen molar-refractivity contribution in [2.45, 2.75) is 6.54 Å². The maximum Gasteiger partial charge on any atom is 0.270 e. The van der Waals surface area contributed by atoms with Crippen LogP contribution in [0.5, 0.6) is 0 Å². The molecule has 1 N–H and O–H groups in total. The Hall–Kier alpha value is -3.00. The molecule has 0 bridgehead atoms. The average Bonchev–Trinajstić information content (AvgIpc) is 2.68. The molecule has 3 rings (SSSR count). The monoisotopic (exact) mass is 370 g/mol. The number of rotatable bonds is 5. The second-order valence-corrected chi connectivity index (χ2v) is 6.93. The lowest BCUT2D eigenvalue weighted by Crippen LogP contribution is -3.13. The third-order valence-corrected chi connectivity index (χ3v) is 4.86. The third-order valence-electron chi connectivity index (χ3n) is 4.86. The molecule has 27 heavy (non-hydrogen) atoms. The summed E-state index contributed by atoms with van der Waals surface area (Å²) in [4.78, 5) is 32.7. The number of nitrogens with one attached hydrogen (secondary N) is 1. The number of nitrogens with zero attached hydrogens (tertiary/aromatic N) is 4. The van der Waals surface area contributed by atoms with Crippen molar-refractivity contribution in [1.82, 2.24) is 9.88 Å². The number of benzene rings is 1. The molecule has 2 aromatic rings. The molecule has 1 saturated heterocycles. The van der Waals surface area contributed by atoms with Gasteiger partial charge in [-0.2, -0.15) is 0 Å². The highest BCUT2D eigenvalue weighted by Gasteiger charge is 2.27. The van der Waals surface area contributed by atoms with E-state index in [0.29, 0.717) is 24.3 Å². The van der Waals surface area contributed by atoms with Crippen molar-refractivity contribution in [2.24, 2.45) is 0 Å². The Labute approximate surface area is 158 Å². The molecule has 0 atom stereocenters. The van der Waals surface area contributed by atoms with Gasteiger partial charge in [0.1, 0.15) is 6.54 Å². The maximum absolute atomic E-state index is 13.0. The Morgan fingerprint density at radius 1 is 1.22 bits per heavy atom.